The van der Waals surface area contributed by atoms with E-state index >= 15 is 0 Å². The summed E-state index contributed by atoms with van der Waals surface area (Å²) in [6.07, 6.45) is -4.97. The maximum atomic E-state index is 12.6. The fraction of sp³-hybridized carbons (Fsp3) is 0.500. The van der Waals surface area contributed by atoms with Crippen LogP contribution in [0, 0.1) is 6.92 Å². The Morgan fingerprint density at radius 3 is 2.45 bits per heavy atom. The van der Waals surface area contributed by atoms with Gasteiger partial charge in [0.2, 0.25) is 15.8 Å². The Morgan fingerprint density at radius 2 is 2.10 bits per heavy atom. The van der Waals surface area contributed by atoms with Gasteiger partial charge in [-0.2, -0.15) is 17.5 Å². The number of aryl methyl sites for hydroxylation is 1. The van der Waals surface area contributed by atoms with Crippen molar-refractivity contribution in [2.45, 2.75) is 30.5 Å². The topological polar surface area (TPSA) is 87.8 Å². The van der Waals surface area contributed by atoms with Crippen LogP contribution in [0.2, 0.25) is 0 Å². The molecule has 0 bridgehead atoms. The first-order valence-electron chi connectivity index (χ1n) is 5.47. The zero-order chi connectivity index (χ0) is 15.3. The minimum absolute atomic E-state index is 0.254. The molecular formula is C10H10F3NO5S. The molecule has 0 amide bonds. The van der Waals surface area contributed by atoms with E-state index in [4.69, 9.17) is 9.52 Å². The highest BCUT2D eigenvalue weighted by molar-refractivity contribution is 7.89. The van der Waals surface area contributed by atoms with E-state index in [1.54, 1.807) is 0 Å². The molecule has 20 heavy (non-hydrogen) atoms. The molecule has 0 aromatic carbocycles. The summed E-state index contributed by atoms with van der Waals surface area (Å²) in [6, 6.07) is -1.35. The van der Waals surface area contributed by atoms with Crippen molar-refractivity contribution in [2.24, 2.45) is 0 Å². The molecule has 2 rings (SSSR count). The van der Waals surface area contributed by atoms with Crippen molar-refractivity contribution in [1.29, 1.82) is 0 Å². The summed E-state index contributed by atoms with van der Waals surface area (Å²) in [5, 5.41) is 8.70. The quantitative estimate of drug-likeness (QED) is 0.916. The lowest BCUT2D eigenvalue weighted by Crippen LogP contribution is -2.57. The van der Waals surface area contributed by atoms with Gasteiger partial charge < -0.3 is 9.52 Å². The summed E-state index contributed by atoms with van der Waals surface area (Å²) in [5.41, 5.74) is 0. The van der Waals surface area contributed by atoms with Crippen LogP contribution in [0.4, 0.5) is 13.2 Å². The van der Waals surface area contributed by atoms with Crippen LogP contribution < -0.4 is 0 Å². The first kappa shape index (κ1) is 14.9. The molecule has 1 aromatic rings. The number of carbonyl (C=O) groups is 1. The van der Waals surface area contributed by atoms with Gasteiger partial charge in [0.15, 0.2) is 0 Å². The molecule has 1 aliphatic rings. The summed E-state index contributed by atoms with van der Waals surface area (Å²) < 4.78 is 67.0. The van der Waals surface area contributed by atoms with E-state index in [0.717, 1.165) is 6.07 Å². The van der Waals surface area contributed by atoms with E-state index in [9.17, 15) is 26.4 Å². The first-order chi connectivity index (χ1) is 9.05. The van der Waals surface area contributed by atoms with Gasteiger partial charge in [-0.05, 0) is 13.3 Å². The molecule has 1 fully saturated rings. The van der Waals surface area contributed by atoms with E-state index in [2.05, 4.69) is 0 Å². The van der Waals surface area contributed by atoms with Gasteiger partial charge in [-0.1, -0.05) is 0 Å². The Hall–Kier alpha value is -1.55. The number of alkyl halides is 3. The smallest absolute Gasteiger partial charge is 0.405 e. The highest BCUT2D eigenvalue weighted by Gasteiger charge is 2.54. The van der Waals surface area contributed by atoms with Crippen molar-refractivity contribution in [2.75, 3.05) is 6.54 Å². The molecule has 0 radical (unpaired) electrons. The Labute approximate surface area is 111 Å². The predicted molar refractivity (Wildman–Crippen MR) is 58.8 cm³/mol. The maximum Gasteiger partial charge on any atom is 0.405 e. The maximum absolute atomic E-state index is 12.6. The largest absolute Gasteiger partial charge is 0.475 e. The number of sulfonamides is 1. The summed E-state index contributed by atoms with van der Waals surface area (Å²) in [6.45, 7) is 0.918. The fourth-order valence-corrected chi connectivity index (χ4v) is 3.75. The first-order valence-corrected chi connectivity index (χ1v) is 6.91. The van der Waals surface area contributed by atoms with Crippen LogP contribution >= 0.6 is 0 Å². The normalized spacial score (nSPS) is 20.7. The number of halogens is 3. The van der Waals surface area contributed by atoms with Gasteiger partial charge in [-0.25, -0.2) is 13.2 Å². The molecule has 1 atom stereocenters. The molecule has 0 spiro atoms. The molecule has 112 valence electrons. The molecule has 1 N–H and O–H groups in total. The van der Waals surface area contributed by atoms with Gasteiger partial charge in [0.25, 0.3) is 0 Å². The Morgan fingerprint density at radius 1 is 1.50 bits per heavy atom. The van der Waals surface area contributed by atoms with Crippen LogP contribution in [0.3, 0.4) is 0 Å². The second kappa shape index (κ2) is 4.48. The average molecular weight is 313 g/mol. The van der Waals surface area contributed by atoms with Crippen LogP contribution in [0.15, 0.2) is 15.4 Å². The molecule has 6 nitrogen and oxygen atoms in total. The minimum atomic E-state index is -4.65. The van der Waals surface area contributed by atoms with Crippen molar-refractivity contribution in [3.05, 3.63) is 17.6 Å². The third-order valence-corrected chi connectivity index (χ3v) is 5.03. The van der Waals surface area contributed by atoms with Crippen LogP contribution in [0.25, 0.3) is 0 Å². The lowest BCUT2D eigenvalue weighted by atomic mass is 10.1. The van der Waals surface area contributed by atoms with E-state index < -0.39 is 38.9 Å². The third-order valence-electron chi connectivity index (χ3n) is 3.02. The minimum Gasteiger partial charge on any atom is -0.475 e. The standard InChI is InChI=1S/C10H10F3NO5S/c1-5-7(4-6(19-5)9(15)16)20(17,18)14-3-2-8(14)10(11,12)13/h4,8H,2-3H2,1H3,(H,15,16). The van der Waals surface area contributed by atoms with Crippen LogP contribution in [-0.2, 0) is 10.0 Å². The highest BCUT2D eigenvalue weighted by Crippen LogP contribution is 2.38. The number of aromatic carboxylic acids is 1. The summed E-state index contributed by atoms with van der Waals surface area (Å²) in [5.74, 6) is -2.38. The Kier molecular flexibility index (Phi) is 3.33. The highest BCUT2D eigenvalue weighted by atomic mass is 32.2. The van der Waals surface area contributed by atoms with Crippen molar-refractivity contribution in [3.8, 4) is 0 Å². The lowest BCUT2D eigenvalue weighted by Gasteiger charge is -2.40. The van der Waals surface area contributed by atoms with Gasteiger partial charge in [-0.3, -0.25) is 0 Å². The molecule has 0 saturated carbocycles. The second-order valence-corrected chi connectivity index (χ2v) is 6.16. The number of carboxylic acids is 1. The predicted octanol–water partition coefficient (Wildman–Crippen LogP) is 1.61. The zero-order valence-corrected chi connectivity index (χ0v) is 11.0. The van der Waals surface area contributed by atoms with E-state index in [-0.39, 0.29) is 18.7 Å². The van der Waals surface area contributed by atoms with Gasteiger partial charge in [0, 0.05) is 12.6 Å². The number of furan rings is 1. The number of hydrogen-bond donors (Lipinski definition) is 1. The SMILES string of the molecule is Cc1oc(C(=O)O)cc1S(=O)(=O)N1CCC1C(F)(F)F. The van der Waals surface area contributed by atoms with E-state index in [0.29, 0.717) is 4.31 Å². The van der Waals surface area contributed by atoms with Gasteiger partial charge >= 0.3 is 12.1 Å². The number of hydrogen-bond acceptors (Lipinski definition) is 4. The summed E-state index contributed by atoms with van der Waals surface area (Å²) >= 11 is 0. The van der Waals surface area contributed by atoms with Crippen LogP contribution in [0.1, 0.15) is 22.7 Å². The molecule has 0 aliphatic carbocycles. The second-order valence-electron chi connectivity index (χ2n) is 4.30. The third kappa shape index (κ3) is 2.29. The summed E-state index contributed by atoms with van der Waals surface area (Å²) in [4.78, 5) is 10.1. The van der Waals surface area contributed by atoms with Gasteiger partial charge in [0.05, 0.1) is 0 Å². The molecule has 10 heteroatoms. The van der Waals surface area contributed by atoms with Crippen LogP contribution in [0.5, 0.6) is 0 Å². The van der Waals surface area contributed by atoms with E-state index in [1.165, 1.54) is 6.92 Å². The van der Waals surface area contributed by atoms with Gasteiger partial charge in [0.1, 0.15) is 16.7 Å². The monoisotopic (exact) mass is 313 g/mol. The lowest BCUT2D eigenvalue weighted by molar-refractivity contribution is -0.192. The molecular weight excluding hydrogens is 303 g/mol. The molecule has 1 aliphatic heterocycles. The van der Waals surface area contributed by atoms with Crippen molar-refractivity contribution in [1.82, 2.24) is 4.31 Å². The van der Waals surface area contributed by atoms with Gasteiger partial charge in [-0.15, -0.1) is 0 Å². The van der Waals surface area contributed by atoms with Crippen molar-refractivity contribution >= 4 is 16.0 Å². The van der Waals surface area contributed by atoms with Crippen LogP contribution in [-0.4, -0.2) is 42.6 Å². The molecule has 2 heterocycles. The van der Waals surface area contributed by atoms with Crippen molar-refractivity contribution in [3.63, 3.8) is 0 Å². The van der Waals surface area contributed by atoms with E-state index in [1.807, 2.05) is 0 Å². The fourth-order valence-electron chi connectivity index (χ4n) is 1.93. The molecule has 1 unspecified atom stereocenters. The number of carboxylic acid groups (broad SMARTS) is 1. The summed E-state index contributed by atoms with van der Waals surface area (Å²) in [7, 11) is -4.42. The Bertz CT molecular complexity index is 648. The Balaban J connectivity index is 2.39. The number of rotatable bonds is 3. The average Bonchev–Trinajstić information content (AvgIpc) is 2.55. The molecule has 1 saturated heterocycles. The molecule has 1 aromatic heterocycles. The number of nitrogens with zero attached hydrogens (tertiary/aromatic N) is 1. The van der Waals surface area contributed by atoms with Crippen molar-refractivity contribution < 1.29 is 35.9 Å². The zero-order valence-electron chi connectivity index (χ0n) is 10.1.